The van der Waals surface area contributed by atoms with E-state index >= 15 is 0 Å². The van der Waals surface area contributed by atoms with Crippen LogP contribution in [0.25, 0.3) is 0 Å². The maximum atomic E-state index is 13.2. The molecule has 1 aromatic carbocycles. The fraction of sp³-hybridized carbons (Fsp3) is 0.500. The summed E-state index contributed by atoms with van der Waals surface area (Å²) >= 11 is 0. The van der Waals surface area contributed by atoms with Gasteiger partial charge in [-0.05, 0) is 31.0 Å². The van der Waals surface area contributed by atoms with Gasteiger partial charge >= 0.3 is 6.18 Å². The first-order chi connectivity index (χ1) is 9.62. The molecule has 2 N–H and O–H groups in total. The molecule has 0 radical (unpaired) electrons. The molecule has 9 heteroatoms. The van der Waals surface area contributed by atoms with Crippen LogP contribution in [0.3, 0.4) is 0 Å². The van der Waals surface area contributed by atoms with Gasteiger partial charge in [0.15, 0.2) is 0 Å². The average molecular weight is 326 g/mol. The smallest absolute Gasteiger partial charge is 0.327 e. The highest BCUT2D eigenvalue weighted by atomic mass is 32.2. The van der Waals surface area contributed by atoms with E-state index in [1.54, 1.807) is 0 Å². The third-order valence-electron chi connectivity index (χ3n) is 3.30. The van der Waals surface area contributed by atoms with Crippen LogP contribution in [0.5, 0.6) is 0 Å². The summed E-state index contributed by atoms with van der Waals surface area (Å²) < 4.78 is 76.8. The maximum Gasteiger partial charge on any atom is 0.419 e. The van der Waals surface area contributed by atoms with Gasteiger partial charge in [0.25, 0.3) is 0 Å². The number of hydrogen-bond donors (Lipinski definition) is 1. The minimum absolute atomic E-state index is 0.0427. The van der Waals surface area contributed by atoms with Gasteiger partial charge in [0.1, 0.15) is 5.82 Å². The predicted molar refractivity (Wildman–Crippen MR) is 67.4 cm³/mol. The Morgan fingerprint density at radius 3 is 2.52 bits per heavy atom. The van der Waals surface area contributed by atoms with Crippen LogP contribution in [0.2, 0.25) is 0 Å². The predicted octanol–water partition coefficient (Wildman–Crippen LogP) is 1.96. The van der Waals surface area contributed by atoms with Crippen molar-refractivity contribution in [3.63, 3.8) is 0 Å². The van der Waals surface area contributed by atoms with Crippen LogP contribution in [0.4, 0.5) is 17.6 Å². The molecule has 1 saturated heterocycles. The highest BCUT2D eigenvalue weighted by Gasteiger charge is 2.36. The molecule has 0 amide bonds. The monoisotopic (exact) mass is 326 g/mol. The summed E-state index contributed by atoms with van der Waals surface area (Å²) in [5.74, 6) is -1.50. The first-order valence-electron chi connectivity index (χ1n) is 6.25. The number of nitrogens with two attached hydrogens (primary N) is 1. The van der Waals surface area contributed by atoms with E-state index < -0.39 is 32.5 Å². The molecular formula is C12H14F4N2O2S. The molecule has 21 heavy (non-hydrogen) atoms. The highest BCUT2D eigenvalue weighted by Crippen LogP contribution is 2.33. The lowest BCUT2D eigenvalue weighted by Crippen LogP contribution is -2.45. The largest absolute Gasteiger partial charge is 0.419 e. The van der Waals surface area contributed by atoms with Crippen LogP contribution < -0.4 is 5.73 Å². The zero-order valence-corrected chi connectivity index (χ0v) is 11.7. The number of alkyl halides is 3. The summed E-state index contributed by atoms with van der Waals surface area (Å²) in [6.45, 7) is 0.232. The second kappa shape index (κ2) is 5.54. The summed E-state index contributed by atoms with van der Waals surface area (Å²) in [7, 11) is -4.11. The molecule has 1 aromatic rings. The number of benzene rings is 1. The van der Waals surface area contributed by atoms with Crippen molar-refractivity contribution in [1.82, 2.24) is 4.31 Å². The molecule has 0 saturated carbocycles. The van der Waals surface area contributed by atoms with Crippen molar-refractivity contribution in [1.29, 1.82) is 0 Å². The van der Waals surface area contributed by atoms with Crippen molar-refractivity contribution in [3.05, 3.63) is 29.6 Å². The molecule has 0 aliphatic carbocycles. The van der Waals surface area contributed by atoms with Crippen molar-refractivity contribution in [3.8, 4) is 0 Å². The molecule has 2 rings (SSSR count). The fourth-order valence-electron chi connectivity index (χ4n) is 2.22. The van der Waals surface area contributed by atoms with Crippen molar-refractivity contribution in [2.24, 2.45) is 5.73 Å². The first-order valence-corrected chi connectivity index (χ1v) is 7.69. The van der Waals surface area contributed by atoms with Gasteiger partial charge in [0, 0.05) is 19.1 Å². The van der Waals surface area contributed by atoms with Crippen LogP contribution in [0, 0.1) is 5.82 Å². The molecule has 1 unspecified atom stereocenters. The molecule has 1 atom stereocenters. The van der Waals surface area contributed by atoms with E-state index in [-0.39, 0.29) is 19.1 Å². The van der Waals surface area contributed by atoms with Gasteiger partial charge in [-0.15, -0.1) is 0 Å². The van der Waals surface area contributed by atoms with E-state index in [1.807, 2.05) is 0 Å². The molecule has 1 aliphatic rings. The molecule has 0 spiro atoms. The van der Waals surface area contributed by atoms with Gasteiger partial charge in [-0.3, -0.25) is 0 Å². The molecule has 4 nitrogen and oxygen atoms in total. The zero-order chi connectivity index (χ0) is 15.8. The molecule has 118 valence electrons. The lowest BCUT2D eigenvalue weighted by molar-refractivity contribution is -0.140. The van der Waals surface area contributed by atoms with Crippen LogP contribution >= 0.6 is 0 Å². The van der Waals surface area contributed by atoms with E-state index in [9.17, 15) is 26.0 Å². The van der Waals surface area contributed by atoms with Gasteiger partial charge in [0.2, 0.25) is 10.0 Å². The van der Waals surface area contributed by atoms with E-state index in [2.05, 4.69) is 0 Å². The summed E-state index contributed by atoms with van der Waals surface area (Å²) in [5, 5.41) is 0. The maximum absolute atomic E-state index is 13.2. The minimum Gasteiger partial charge on any atom is -0.327 e. The van der Waals surface area contributed by atoms with Gasteiger partial charge < -0.3 is 5.73 Å². The van der Waals surface area contributed by atoms with E-state index in [1.165, 1.54) is 0 Å². The Balaban J connectivity index is 2.41. The fourth-order valence-corrected chi connectivity index (χ4v) is 3.79. The van der Waals surface area contributed by atoms with Gasteiger partial charge in [-0.25, -0.2) is 12.8 Å². The first kappa shape index (κ1) is 16.2. The second-order valence-corrected chi connectivity index (χ2v) is 6.84. The van der Waals surface area contributed by atoms with Gasteiger partial charge in [-0.1, -0.05) is 0 Å². The minimum atomic E-state index is -4.95. The highest BCUT2D eigenvalue weighted by molar-refractivity contribution is 7.89. The quantitative estimate of drug-likeness (QED) is 0.845. The van der Waals surface area contributed by atoms with Crippen LogP contribution in [0.1, 0.15) is 18.4 Å². The Kier molecular flexibility index (Phi) is 4.27. The molecule has 0 bridgehead atoms. The lowest BCUT2D eigenvalue weighted by atomic mass is 10.1. The molecule has 1 aliphatic heterocycles. The number of sulfonamides is 1. The number of hydrogen-bond acceptors (Lipinski definition) is 3. The standard InChI is InChI=1S/C12H14F4N2O2S/c13-11-4-3-9(6-10(11)12(14,15)16)21(19,20)18-5-1-2-8(17)7-18/h3-4,6,8H,1-2,5,7,17H2. The third kappa shape index (κ3) is 3.35. The average Bonchev–Trinajstić information content (AvgIpc) is 2.37. The summed E-state index contributed by atoms with van der Waals surface area (Å²) in [6.07, 6.45) is -3.76. The van der Waals surface area contributed by atoms with Gasteiger partial charge in [0.05, 0.1) is 10.5 Å². The Bertz CT molecular complexity index is 631. The Morgan fingerprint density at radius 1 is 1.29 bits per heavy atom. The van der Waals surface area contributed by atoms with E-state index in [0.29, 0.717) is 25.0 Å². The van der Waals surface area contributed by atoms with Crippen LogP contribution in [-0.4, -0.2) is 31.9 Å². The Hall–Kier alpha value is -1.19. The number of piperidine rings is 1. The summed E-state index contributed by atoms with van der Waals surface area (Å²) in [6, 6.07) is 1.32. The van der Waals surface area contributed by atoms with Crippen molar-refractivity contribution >= 4 is 10.0 Å². The Labute approximate surface area is 119 Å². The number of nitrogens with zero attached hydrogens (tertiary/aromatic N) is 1. The van der Waals surface area contributed by atoms with Crippen molar-refractivity contribution in [2.75, 3.05) is 13.1 Å². The van der Waals surface area contributed by atoms with Crippen molar-refractivity contribution in [2.45, 2.75) is 30.0 Å². The molecule has 0 aromatic heterocycles. The normalized spacial score (nSPS) is 21.5. The van der Waals surface area contributed by atoms with Crippen LogP contribution in [0.15, 0.2) is 23.1 Å². The zero-order valence-electron chi connectivity index (χ0n) is 10.9. The molecule has 1 fully saturated rings. The second-order valence-electron chi connectivity index (χ2n) is 4.90. The van der Waals surface area contributed by atoms with Gasteiger partial charge in [-0.2, -0.15) is 17.5 Å². The molecular weight excluding hydrogens is 312 g/mol. The lowest BCUT2D eigenvalue weighted by Gasteiger charge is -2.30. The third-order valence-corrected chi connectivity index (χ3v) is 5.16. The summed E-state index contributed by atoms with van der Waals surface area (Å²) in [4.78, 5) is -0.578. The van der Waals surface area contributed by atoms with Crippen molar-refractivity contribution < 1.29 is 26.0 Å². The SMILES string of the molecule is NC1CCCN(S(=O)(=O)c2ccc(F)c(C(F)(F)F)c2)C1. The topological polar surface area (TPSA) is 63.4 Å². The Morgan fingerprint density at radius 2 is 1.95 bits per heavy atom. The summed E-state index contributed by atoms with van der Waals surface area (Å²) in [5.41, 5.74) is 4.08. The van der Waals surface area contributed by atoms with Crippen LogP contribution in [-0.2, 0) is 16.2 Å². The van der Waals surface area contributed by atoms with E-state index in [4.69, 9.17) is 5.73 Å². The number of rotatable bonds is 2. The molecule has 1 heterocycles. The number of halogens is 4. The van der Waals surface area contributed by atoms with E-state index in [0.717, 1.165) is 10.4 Å².